The lowest BCUT2D eigenvalue weighted by Gasteiger charge is -1.97. The number of hydrogen-bond acceptors (Lipinski definition) is 2. The molecule has 0 amide bonds. The van der Waals surface area contributed by atoms with Gasteiger partial charge in [-0.2, -0.15) is 0 Å². The molecule has 1 aromatic carbocycles. The van der Waals surface area contributed by atoms with Crippen LogP contribution >= 0.6 is 0 Å². The van der Waals surface area contributed by atoms with Crippen molar-refractivity contribution in [3.8, 4) is 0 Å². The Hall–Kier alpha value is -0.860. The van der Waals surface area contributed by atoms with Crippen molar-refractivity contribution in [3.05, 3.63) is 35.9 Å². The zero-order valence-electron chi connectivity index (χ0n) is 6.36. The van der Waals surface area contributed by atoms with E-state index in [1.807, 2.05) is 18.2 Å². The second-order valence-corrected chi connectivity index (χ2v) is 2.42. The summed E-state index contributed by atoms with van der Waals surface area (Å²) in [5, 5.41) is 8.04. The van der Waals surface area contributed by atoms with Crippen molar-refractivity contribution >= 4 is 0 Å². The summed E-state index contributed by atoms with van der Waals surface area (Å²) in [5.41, 5.74) is 1.28. The fraction of sp³-hybridized carbons (Fsp3) is 0.333. The van der Waals surface area contributed by atoms with Gasteiger partial charge in [-0.3, -0.25) is 5.26 Å². The number of aryl methyl sites for hydroxylation is 1. The lowest BCUT2D eigenvalue weighted by Crippen LogP contribution is -1.92. The van der Waals surface area contributed by atoms with Crippen LogP contribution in [0.3, 0.4) is 0 Å². The van der Waals surface area contributed by atoms with Crippen molar-refractivity contribution in [2.24, 2.45) is 0 Å². The molecule has 0 radical (unpaired) electrons. The standard InChI is InChI=1S/C9H12O2/c10-11-8-4-7-9-5-2-1-3-6-9/h1-3,5-6,10H,4,7-8H2. The highest BCUT2D eigenvalue weighted by Gasteiger charge is 1.90. The van der Waals surface area contributed by atoms with E-state index in [1.54, 1.807) is 0 Å². The van der Waals surface area contributed by atoms with E-state index in [9.17, 15) is 0 Å². The molecule has 0 saturated carbocycles. The fourth-order valence-corrected chi connectivity index (χ4v) is 0.986. The summed E-state index contributed by atoms with van der Waals surface area (Å²) in [4.78, 5) is 3.96. The minimum Gasteiger partial charge on any atom is -0.252 e. The molecule has 2 nitrogen and oxygen atoms in total. The van der Waals surface area contributed by atoms with Gasteiger partial charge in [-0.05, 0) is 18.4 Å². The highest BCUT2D eigenvalue weighted by molar-refractivity contribution is 5.14. The van der Waals surface area contributed by atoms with E-state index < -0.39 is 0 Å². The summed E-state index contributed by atoms with van der Waals surface area (Å²) >= 11 is 0. The van der Waals surface area contributed by atoms with Crippen LogP contribution in [0.2, 0.25) is 0 Å². The Morgan fingerprint density at radius 3 is 2.55 bits per heavy atom. The normalized spacial score (nSPS) is 9.91. The smallest absolute Gasteiger partial charge is 0.0822 e. The van der Waals surface area contributed by atoms with Crippen LogP contribution in [-0.4, -0.2) is 11.9 Å². The first kappa shape index (κ1) is 8.24. The van der Waals surface area contributed by atoms with Gasteiger partial charge in [0.2, 0.25) is 0 Å². The monoisotopic (exact) mass is 152 g/mol. The van der Waals surface area contributed by atoms with Crippen LogP contribution < -0.4 is 0 Å². The van der Waals surface area contributed by atoms with Gasteiger partial charge in [0.05, 0.1) is 6.61 Å². The van der Waals surface area contributed by atoms with Crippen LogP contribution in [0.25, 0.3) is 0 Å². The van der Waals surface area contributed by atoms with Gasteiger partial charge in [0.15, 0.2) is 0 Å². The molecule has 0 heterocycles. The number of benzene rings is 1. The van der Waals surface area contributed by atoms with E-state index in [0.29, 0.717) is 6.61 Å². The van der Waals surface area contributed by atoms with E-state index in [2.05, 4.69) is 17.0 Å². The zero-order valence-corrected chi connectivity index (χ0v) is 6.36. The van der Waals surface area contributed by atoms with Crippen molar-refractivity contribution in [2.45, 2.75) is 12.8 Å². The minimum absolute atomic E-state index is 0.412. The molecule has 0 aliphatic heterocycles. The van der Waals surface area contributed by atoms with Gasteiger partial charge >= 0.3 is 0 Å². The molecule has 0 saturated heterocycles. The Morgan fingerprint density at radius 1 is 1.18 bits per heavy atom. The molecule has 0 aromatic heterocycles. The Kier molecular flexibility index (Phi) is 3.65. The van der Waals surface area contributed by atoms with Gasteiger partial charge in [-0.1, -0.05) is 30.3 Å². The topological polar surface area (TPSA) is 29.5 Å². The maximum Gasteiger partial charge on any atom is 0.0822 e. The number of rotatable bonds is 4. The third kappa shape index (κ3) is 3.16. The molecule has 60 valence electrons. The van der Waals surface area contributed by atoms with Crippen LogP contribution in [0.15, 0.2) is 30.3 Å². The van der Waals surface area contributed by atoms with Gasteiger partial charge in [-0.15, -0.1) is 0 Å². The first-order valence-corrected chi connectivity index (χ1v) is 3.74. The molecule has 2 heteroatoms. The molecule has 0 bridgehead atoms. The van der Waals surface area contributed by atoms with E-state index in [4.69, 9.17) is 5.26 Å². The highest BCUT2D eigenvalue weighted by Crippen LogP contribution is 2.01. The summed E-state index contributed by atoms with van der Waals surface area (Å²) in [5.74, 6) is 0. The average molecular weight is 152 g/mol. The van der Waals surface area contributed by atoms with Gasteiger partial charge in [0.1, 0.15) is 0 Å². The molecule has 0 atom stereocenters. The van der Waals surface area contributed by atoms with Gasteiger partial charge in [0, 0.05) is 0 Å². The molecule has 0 fully saturated rings. The first-order valence-electron chi connectivity index (χ1n) is 3.74. The maximum absolute atomic E-state index is 8.04. The third-order valence-electron chi connectivity index (χ3n) is 1.54. The average Bonchev–Trinajstić information content (AvgIpc) is 2.07. The third-order valence-corrected chi connectivity index (χ3v) is 1.54. The molecular weight excluding hydrogens is 140 g/mol. The summed E-state index contributed by atoms with van der Waals surface area (Å²) < 4.78 is 0. The van der Waals surface area contributed by atoms with Crippen molar-refractivity contribution in [3.63, 3.8) is 0 Å². The van der Waals surface area contributed by atoms with Crippen molar-refractivity contribution in [1.82, 2.24) is 0 Å². The molecule has 0 aliphatic carbocycles. The largest absolute Gasteiger partial charge is 0.252 e. The summed E-state index contributed by atoms with van der Waals surface area (Å²) in [6.07, 6.45) is 1.82. The zero-order chi connectivity index (χ0) is 7.94. The molecule has 11 heavy (non-hydrogen) atoms. The van der Waals surface area contributed by atoms with E-state index in [1.165, 1.54) is 5.56 Å². The minimum atomic E-state index is 0.412. The Morgan fingerprint density at radius 2 is 1.91 bits per heavy atom. The molecule has 0 spiro atoms. The highest BCUT2D eigenvalue weighted by atomic mass is 17.1. The van der Waals surface area contributed by atoms with Crippen LogP contribution in [0.1, 0.15) is 12.0 Å². The summed E-state index contributed by atoms with van der Waals surface area (Å²) in [6, 6.07) is 10.1. The predicted molar refractivity (Wildman–Crippen MR) is 43.3 cm³/mol. The Labute approximate surface area is 66.4 Å². The van der Waals surface area contributed by atoms with E-state index in [-0.39, 0.29) is 0 Å². The number of hydrogen-bond donors (Lipinski definition) is 1. The van der Waals surface area contributed by atoms with E-state index >= 15 is 0 Å². The van der Waals surface area contributed by atoms with Crippen molar-refractivity contribution in [1.29, 1.82) is 0 Å². The Bertz CT molecular complexity index is 184. The van der Waals surface area contributed by atoms with Crippen LogP contribution in [0.5, 0.6) is 0 Å². The molecule has 1 rings (SSSR count). The molecule has 1 N–H and O–H groups in total. The quantitative estimate of drug-likeness (QED) is 0.406. The van der Waals surface area contributed by atoms with Gasteiger partial charge in [-0.25, -0.2) is 4.89 Å². The van der Waals surface area contributed by atoms with Crippen LogP contribution in [0, 0.1) is 0 Å². The van der Waals surface area contributed by atoms with E-state index in [0.717, 1.165) is 12.8 Å². The maximum atomic E-state index is 8.04. The summed E-state index contributed by atoms with van der Waals surface area (Å²) in [6.45, 7) is 0.412. The molecular formula is C9H12O2. The first-order chi connectivity index (χ1) is 5.43. The second-order valence-electron chi connectivity index (χ2n) is 2.42. The second kappa shape index (κ2) is 4.88. The SMILES string of the molecule is OOCCCc1ccccc1. The molecule has 1 aromatic rings. The molecule has 0 unspecified atom stereocenters. The predicted octanol–water partition coefficient (Wildman–Crippen LogP) is 2.11. The van der Waals surface area contributed by atoms with Crippen molar-refractivity contribution < 1.29 is 10.1 Å². The van der Waals surface area contributed by atoms with Gasteiger partial charge < -0.3 is 0 Å². The summed E-state index contributed by atoms with van der Waals surface area (Å²) in [7, 11) is 0. The van der Waals surface area contributed by atoms with Gasteiger partial charge in [0.25, 0.3) is 0 Å². The van der Waals surface area contributed by atoms with Crippen molar-refractivity contribution in [2.75, 3.05) is 6.61 Å². The lowest BCUT2D eigenvalue weighted by atomic mass is 10.1. The fourth-order valence-electron chi connectivity index (χ4n) is 0.986. The lowest BCUT2D eigenvalue weighted by molar-refractivity contribution is -0.242. The van der Waals surface area contributed by atoms with Crippen LogP contribution in [0.4, 0.5) is 0 Å². The Balaban J connectivity index is 2.28. The molecule has 0 aliphatic rings. The van der Waals surface area contributed by atoms with Crippen LogP contribution in [-0.2, 0) is 11.3 Å².